The molecule has 0 aliphatic heterocycles. The lowest BCUT2D eigenvalue weighted by atomic mass is 10.2. The molecule has 1 amide bonds. The number of aromatic nitrogens is 2. The van der Waals surface area contributed by atoms with Crippen molar-refractivity contribution in [2.24, 2.45) is 0 Å². The maximum Gasteiger partial charge on any atom is 0.221 e. The van der Waals surface area contributed by atoms with E-state index in [0.717, 1.165) is 5.56 Å². The molecule has 0 radical (unpaired) electrons. The molecular formula is C17H23N3O3S. The van der Waals surface area contributed by atoms with E-state index in [0.29, 0.717) is 12.4 Å². The Labute approximate surface area is 142 Å². The highest BCUT2D eigenvalue weighted by Gasteiger charge is 2.18. The molecule has 0 aliphatic rings. The lowest BCUT2D eigenvalue weighted by Gasteiger charge is -2.10. The second-order valence-corrected chi connectivity index (χ2v) is 8.21. The van der Waals surface area contributed by atoms with Gasteiger partial charge in [0.1, 0.15) is 11.6 Å². The third-order valence-corrected chi connectivity index (χ3v) is 4.96. The molecule has 0 aliphatic carbocycles. The molecule has 0 atom stereocenters. The standard InChI is InChI=1S/C17H23N3O3S/c1-14(2)19-17(21)8-11-24(22,23)13-16-18-9-10-20(16)12-15-6-4-3-5-7-15/h3-7,9-10,14H,8,11-13H2,1-2H3,(H,19,21). The van der Waals surface area contributed by atoms with E-state index in [-0.39, 0.29) is 29.9 Å². The van der Waals surface area contributed by atoms with Crippen molar-refractivity contribution in [2.75, 3.05) is 5.75 Å². The van der Waals surface area contributed by atoms with Crippen molar-refractivity contribution in [3.63, 3.8) is 0 Å². The first-order chi connectivity index (χ1) is 11.4. The Bertz CT molecular complexity index is 767. The molecule has 7 heteroatoms. The number of rotatable bonds is 8. The second-order valence-electron chi connectivity index (χ2n) is 6.02. The van der Waals surface area contributed by atoms with Gasteiger partial charge in [-0.1, -0.05) is 30.3 Å². The number of nitrogens with one attached hydrogen (secondary N) is 1. The average molecular weight is 349 g/mol. The summed E-state index contributed by atoms with van der Waals surface area (Å²) in [5, 5.41) is 2.69. The van der Waals surface area contributed by atoms with Gasteiger partial charge in [0.15, 0.2) is 9.84 Å². The van der Waals surface area contributed by atoms with Crippen LogP contribution in [0.5, 0.6) is 0 Å². The van der Waals surface area contributed by atoms with Crippen LogP contribution in [0.15, 0.2) is 42.7 Å². The molecule has 1 heterocycles. The number of carbonyl (C=O) groups is 1. The Kier molecular flexibility index (Phi) is 6.14. The van der Waals surface area contributed by atoms with Crippen LogP contribution < -0.4 is 5.32 Å². The van der Waals surface area contributed by atoms with Gasteiger partial charge in [-0.05, 0) is 19.4 Å². The second kappa shape index (κ2) is 8.10. The summed E-state index contributed by atoms with van der Waals surface area (Å²) < 4.78 is 26.3. The Morgan fingerprint density at radius 3 is 2.62 bits per heavy atom. The van der Waals surface area contributed by atoms with E-state index in [9.17, 15) is 13.2 Å². The number of amides is 1. The van der Waals surface area contributed by atoms with Gasteiger partial charge in [-0.15, -0.1) is 0 Å². The molecular weight excluding hydrogens is 326 g/mol. The summed E-state index contributed by atoms with van der Waals surface area (Å²) in [4.78, 5) is 15.8. The SMILES string of the molecule is CC(C)NC(=O)CCS(=O)(=O)Cc1nccn1Cc1ccccc1. The van der Waals surface area contributed by atoms with Crippen LogP contribution in [-0.4, -0.2) is 35.7 Å². The van der Waals surface area contributed by atoms with Crippen LogP contribution in [0, 0.1) is 0 Å². The molecule has 0 saturated carbocycles. The summed E-state index contributed by atoms with van der Waals surface area (Å²) in [6.07, 6.45) is 3.34. The van der Waals surface area contributed by atoms with E-state index in [1.807, 2.05) is 48.7 Å². The fraction of sp³-hybridized carbons (Fsp3) is 0.412. The summed E-state index contributed by atoms with van der Waals surface area (Å²) in [7, 11) is -3.39. The molecule has 0 saturated heterocycles. The van der Waals surface area contributed by atoms with E-state index in [1.54, 1.807) is 12.4 Å². The molecule has 0 bridgehead atoms. The monoisotopic (exact) mass is 349 g/mol. The number of hydrogen-bond donors (Lipinski definition) is 1. The maximum atomic E-state index is 12.3. The minimum Gasteiger partial charge on any atom is -0.354 e. The zero-order valence-electron chi connectivity index (χ0n) is 14.0. The molecule has 2 rings (SSSR count). The Balaban J connectivity index is 1.98. The van der Waals surface area contributed by atoms with Crippen LogP contribution in [0.3, 0.4) is 0 Å². The van der Waals surface area contributed by atoms with Crippen molar-refractivity contribution in [3.8, 4) is 0 Å². The zero-order chi connectivity index (χ0) is 17.6. The number of imidazole rings is 1. The Hall–Kier alpha value is -2.15. The van der Waals surface area contributed by atoms with E-state index < -0.39 is 9.84 Å². The lowest BCUT2D eigenvalue weighted by molar-refractivity contribution is -0.121. The molecule has 130 valence electrons. The molecule has 1 aromatic carbocycles. The topological polar surface area (TPSA) is 81.1 Å². The quantitative estimate of drug-likeness (QED) is 0.787. The highest BCUT2D eigenvalue weighted by atomic mass is 32.2. The lowest BCUT2D eigenvalue weighted by Crippen LogP contribution is -2.31. The molecule has 1 aromatic heterocycles. The Morgan fingerprint density at radius 1 is 1.25 bits per heavy atom. The highest BCUT2D eigenvalue weighted by molar-refractivity contribution is 7.90. The fourth-order valence-electron chi connectivity index (χ4n) is 2.32. The predicted octanol–water partition coefficient (Wildman–Crippen LogP) is 1.76. The van der Waals surface area contributed by atoms with Crippen molar-refractivity contribution < 1.29 is 13.2 Å². The van der Waals surface area contributed by atoms with E-state index in [4.69, 9.17) is 0 Å². The molecule has 2 aromatic rings. The van der Waals surface area contributed by atoms with E-state index >= 15 is 0 Å². The summed E-state index contributed by atoms with van der Waals surface area (Å²) in [6.45, 7) is 4.25. The third kappa shape index (κ3) is 5.81. The van der Waals surface area contributed by atoms with Crippen molar-refractivity contribution in [1.29, 1.82) is 0 Å². The van der Waals surface area contributed by atoms with Gasteiger partial charge >= 0.3 is 0 Å². The number of sulfone groups is 1. The largest absolute Gasteiger partial charge is 0.354 e. The van der Waals surface area contributed by atoms with Crippen molar-refractivity contribution in [3.05, 3.63) is 54.1 Å². The van der Waals surface area contributed by atoms with Crippen LogP contribution >= 0.6 is 0 Å². The summed E-state index contributed by atoms with van der Waals surface area (Å²) in [6, 6.07) is 9.78. The minimum atomic E-state index is -3.39. The van der Waals surface area contributed by atoms with Crippen LogP contribution in [0.4, 0.5) is 0 Å². The minimum absolute atomic E-state index is 0.00461. The van der Waals surface area contributed by atoms with Crippen molar-refractivity contribution in [1.82, 2.24) is 14.9 Å². The van der Waals surface area contributed by atoms with Gasteiger partial charge in [0, 0.05) is 31.4 Å². The molecule has 0 fully saturated rings. The molecule has 6 nitrogen and oxygen atoms in total. The van der Waals surface area contributed by atoms with Crippen LogP contribution in [-0.2, 0) is 26.9 Å². The number of benzene rings is 1. The van der Waals surface area contributed by atoms with E-state index in [2.05, 4.69) is 10.3 Å². The number of hydrogen-bond acceptors (Lipinski definition) is 4. The van der Waals surface area contributed by atoms with Gasteiger partial charge in [-0.2, -0.15) is 0 Å². The normalized spacial score (nSPS) is 11.6. The molecule has 0 spiro atoms. The smallest absolute Gasteiger partial charge is 0.221 e. The molecule has 24 heavy (non-hydrogen) atoms. The van der Waals surface area contributed by atoms with Crippen molar-refractivity contribution in [2.45, 2.75) is 38.6 Å². The predicted molar refractivity (Wildman–Crippen MR) is 93.2 cm³/mol. The number of carbonyl (C=O) groups excluding carboxylic acids is 1. The van der Waals surface area contributed by atoms with Crippen molar-refractivity contribution >= 4 is 15.7 Å². The van der Waals surface area contributed by atoms with Gasteiger partial charge in [0.2, 0.25) is 5.91 Å². The zero-order valence-corrected chi connectivity index (χ0v) is 14.8. The van der Waals surface area contributed by atoms with Crippen LogP contribution in [0.25, 0.3) is 0 Å². The summed E-state index contributed by atoms with van der Waals surface area (Å²) >= 11 is 0. The third-order valence-electron chi connectivity index (χ3n) is 3.44. The number of nitrogens with zero attached hydrogens (tertiary/aromatic N) is 2. The van der Waals surface area contributed by atoms with Crippen LogP contribution in [0.2, 0.25) is 0 Å². The maximum absolute atomic E-state index is 12.3. The van der Waals surface area contributed by atoms with Gasteiger partial charge in [-0.25, -0.2) is 13.4 Å². The van der Waals surface area contributed by atoms with Gasteiger partial charge in [0.05, 0.1) is 5.75 Å². The Morgan fingerprint density at radius 2 is 1.96 bits per heavy atom. The molecule has 0 unspecified atom stereocenters. The van der Waals surface area contributed by atoms with Crippen LogP contribution in [0.1, 0.15) is 31.7 Å². The first-order valence-electron chi connectivity index (χ1n) is 7.89. The summed E-state index contributed by atoms with van der Waals surface area (Å²) in [5.74, 6) is -0.102. The fourth-order valence-corrected chi connectivity index (χ4v) is 3.59. The summed E-state index contributed by atoms with van der Waals surface area (Å²) in [5.41, 5.74) is 1.07. The van der Waals surface area contributed by atoms with Gasteiger partial charge in [-0.3, -0.25) is 4.79 Å². The highest BCUT2D eigenvalue weighted by Crippen LogP contribution is 2.10. The first-order valence-corrected chi connectivity index (χ1v) is 9.71. The molecule has 1 N–H and O–H groups in total. The first kappa shape index (κ1) is 18.2. The van der Waals surface area contributed by atoms with E-state index in [1.165, 1.54) is 0 Å². The van der Waals surface area contributed by atoms with Gasteiger partial charge < -0.3 is 9.88 Å². The average Bonchev–Trinajstić information content (AvgIpc) is 2.92. The van der Waals surface area contributed by atoms with Gasteiger partial charge in [0.25, 0.3) is 0 Å².